The maximum atomic E-state index is 12.8. The second-order valence-electron chi connectivity index (χ2n) is 23.0. The van der Waals surface area contributed by atoms with Gasteiger partial charge in [0.05, 0.1) is 26.4 Å². The zero-order valence-corrected chi connectivity index (χ0v) is 56.5. The monoisotopic (exact) mass is 1270 g/mol. The summed E-state index contributed by atoms with van der Waals surface area (Å²) in [6, 6.07) is 0. The van der Waals surface area contributed by atoms with E-state index in [9.17, 15) is 43.5 Å². The van der Waals surface area contributed by atoms with Crippen molar-refractivity contribution in [3.05, 3.63) is 72.9 Å². The number of aliphatic hydroxyl groups is 2. The molecule has 0 amide bonds. The number of esters is 3. The van der Waals surface area contributed by atoms with Crippen LogP contribution in [0.3, 0.4) is 0 Å². The van der Waals surface area contributed by atoms with Crippen LogP contribution >= 0.6 is 15.6 Å². The van der Waals surface area contributed by atoms with E-state index < -0.39 is 91.5 Å². The number of ether oxygens (including phenoxy) is 3. The van der Waals surface area contributed by atoms with Gasteiger partial charge in [-0.3, -0.25) is 32.5 Å². The van der Waals surface area contributed by atoms with E-state index in [1.807, 2.05) is 0 Å². The number of unbranched alkanes of at least 4 members (excludes halogenated alkanes) is 30. The van der Waals surface area contributed by atoms with Crippen LogP contribution in [0.5, 0.6) is 0 Å². The standard InChI is InChI=1S/C69H124O16P2/c1-4-7-10-13-16-19-22-24-26-27-28-29-30-31-32-33-34-35-37-39-41-43-46-49-52-55-67(72)79-58-64(70)59-81-86(75,76)82-60-65(71)61-83-87(77,78)84-63-66(85-69(74)57-54-51-48-45-40-21-18-15-12-9-6-3)62-80-68(73)56-53-50-47-44-42-38-36-25-23-20-17-14-11-8-5-2/h16-17,19-20,24-26,28-29,31-32,36,64-66,70-71H,4-15,18,21-23,27,30,33-35,37-63H2,1-3H3,(H,75,76)(H,77,78)/b19-16-,20-17-,26-24-,29-28-,32-31-,36-25-. The van der Waals surface area contributed by atoms with Crippen LogP contribution in [-0.2, 0) is 55.8 Å². The Morgan fingerprint density at radius 2 is 0.575 bits per heavy atom. The molecule has 5 unspecified atom stereocenters. The Bertz CT molecular complexity index is 1880. The van der Waals surface area contributed by atoms with E-state index in [2.05, 4.69) is 93.7 Å². The average Bonchev–Trinajstić information content (AvgIpc) is 3.56. The van der Waals surface area contributed by atoms with Gasteiger partial charge in [-0.05, 0) is 96.3 Å². The van der Waals surface area contributed by atoms with Gasteiger partial charge in [0.1, 0.15) is 25.4 Å². The molecule has 0 aliphatic rings. The predicted molar refractivity (Wildman–Crippen MR) is 353 cm³/mol. The van der Waals surface area contributed by atoms with Gasteiger partial charge in [-0.25, -0.2) is 9.13 Å². The Kier molecular flexibility index (Phi) is 61.0. The topological polar surface area (TPSA) is 231 Å². The fourth-order valence-corrected chi connectivity index (χ4v) is 10.7. The molecule has 87 heavy (non-hydrogen) atoms. The minimum absolute atomic E-state index is 0.105. The van der Waals surface area contributed by atoms with Crippen LogP contribution in [0.4, 0.5) is 0 Å². The van der Waals surface area contributed by atoms with Crippen LogP contribution in [0.25, 0.3) is 0 Å². The Hall–Kier alpha value is -3.01. The fourth-order valence-electron chi connectivity index (χ4n) is 9.11. The lowest BCUT2D eigenvalue weighted by atomic mass is 10.1. The molecule has 0 aliphatic carbocycles. The minimum atomic E-state index is -4.92. The van der Waals surface area contributed by atoms with Crippen molar-refractivity contribution in [2.75, 3.05) is 39.6 Å². The molecule has 0 fully saturated rings. The third-order valence-electron chi connectivity index (χ3n) is 14.4. The number of carbonyl (C=O) groups excluding carboxylic acids is 3. The number of rotatable bonds is 65. The average molecular weight is 1270 g/mol. The molecule has 0 aromatic carbocycles. The molecule has 0 radical (unpaired) electrons. The van der Waals surface area contributed by atoms with Crippen LogP contribution in [0.15, 0.2) is 72.9 Å². The number of aliphatic hydroxyl groups excluding tert-OH is 2. The van der Waals surface area contributed by atoms with Crippen molar-refractivity contribution in [3.8, 4) is 0 Å². The zero-order chi connectivity index (χ0) is 63.8. The van der Waals surface area contributed by atoms with Crippen LogP contribution < -0.4 is 0 Å². The molecule has 0 aliphatic heterocycles. The molecule has 5 atom stereocenters. The smallest absolute Gasteiger partial charge is 0.463 e. The second-order valence-corrected chi connectivity index (χ2v) is 25.9. The summed E-state index contributed by atoms with van der Waals surface area (Å²) in [5, 5.41) is 20.5. The van der Waals surface area contributed by atoms with E-state index in [4.69, 9.17) is 32.3 Å². The molecule has 16 nitrogen and oxygen atoms in total. The van der Waals surface area contributed by atoms with Crippen molar-refractivity contribution in [3.63, 3.8) is 0 Å². The molecule has 0 saturated carbocycles. The highest BCUT2D eigenvalue weighted by molar-refractivity contribution is 7.47. The summed E-state index contributed by atoms with van der Waals surface area (Å²) in [5.74, 6) is -1.59. The van der Waals surface area contributed by atoms with E-state index in [-0.39, 0.29) is 19.3 Å². The molecule has 0 bridgehead atoms. The lowest BCUT2D eigenvalue weighted by molar-refractivity contribution is -0.161. The normalized spacial score (nSPS) is 14.7. The molecule has 18 heteroatoms. The summed E-state index contributed by atoms with van der Waals surface area (Å²) in [6.45, 7) is 2.60. The highest BCUT2D eigenvalue weighted by atomic mass is 31.2. The third kappa shape index (κ3) is 64.3. The molecule has 0 rings (SSSR count). The van der Waals surface area contributed by atoms with Gasteiger partial charge >= 0.3 is 33.6 Å². The first-order valence-corrected chi connectivity index (χ1v) is 37.2. The summed E-state index contributed by atoms with van der Waals surface area (Å²) in [4.78, 5) is 58.2. The van der Waals surface area contributed by atoms with Gasteiger partial charge in [0, 0.05) is 19.3 Å². The predicted octanol–water partition coefficient (Wildman–Crippen LogP) is 18.8. The van der Waals surface area contributed by atoms with Crippen molar-refractivity contribution in [1.29, 1.82) is 0 Å². The van der Waals surface area contributed by atoms with E-state index >= 15 is 0 Å². The van der Waals surface area contributed by atoms with Crippen LogP contribution in [0.1, 0.15) is 290 Å². The Morgan fingerprint density at radius 1 is 0.322 bits per heavy atom. The highest BCUT2D eigenvalue weighted by Crippen LogP contribution is 2.45. The van der Waals surface area contributed by atoms with E-state index in [1.54, 1.807) is 0 Å². The van der Waals surface area contributed by atoms with Gasteiger partial charge in [-0.15, -0.1) is 0 Å². The number of hydrogen-bond acceptors (Lipinski definition) is 14. The van der Waals surface area contributed by atoms with Crippen LogP contribution in [-0.4, -0.2) is 95.9 Å². The fraction of sp³-hybridized carbons (Fsp3) is 0.783. The molecule has 0 spiro atoms. The van der Waals surface area contributed by atoms with E-state index in [0.29, 0.717) is 19.3 Å². The lowest BCUT2D eigenvalue weighted by Gasteiger charge is -2.21. The number of phosphoric acid groups is 2. The molecule has 4 N–H and O–H groups in total. The Morgan fingerprint density at radius 3 is 0.931 bits per heavy atom. The van der Waals surface area contributed by atoms with Crippen LogP contribution in [0.2, 0.25) is 0 Å². The molecule has 0 aromatic heterocycles. The number of phosphoric ester groups is 2. The molecule has 0 heterocycles. The van der Waals surface area contributed by atoms with Gasteiger partial charge in [0.15, 0.2) is 6.10 Å². The van der Waals surface area contributed by atoms with Crippen molar-refractivity contribution in [2.24, 2.45) is 0 Å². The van der Waals surface area contributed by atoms with Crippen molar-refractivity contribution in [1.82, 2.24) is 0 Å². The van der Waals surface area contributed by atoms with Gasteiger partial charge in [0.25, 0.3) is 0 Å². The van der Waals surface area contributed by atoms with Crippen molar-refractivity contribution in [2.45, 2.75) is 309 Å². The van der Waals surface area contributed by atoms with Crippen LogP contribution in [0, 0.1) is 0 Å². The molecule has 0 aromatic rings. The van der Waals surface area contributed by atoms with Gasteiger partial charge < -0.3 is 34.2 Å². The van der Waals surface area contributed by atoms with Crippen molar-refractivity contribution >= 4 is 33.6 Å². The quantitative estimate of drug-likeness (QED) is 0.0146. The minimum Gasteiger partial charge on any atom is -0.463 e. The molecule has 0 saturated heterocycles. The summed E-state index contributed by atoms with van der Waals surface area (Å²) < 4.78 is 60.8. The molecular formula is C69H124O16P2. The largest absolute Gasteiger partial charge is 0.472 e. The number of carbonyl (C=O) groups is 3. The second kappa shape index (κ2) is 63.2. The van der Waals surface area contributed by atoms with E-state index in [1.165, 1.54) is 109 Å². The number of allylic oxidation sites excluding steroid dienone is 12. The summed E-state index contributed by atoms with van der Waals surface area (Å²) in [5.41, 5.74) is 0. The highest BCUT2D eigenvalue weighted by Gasteiger charge is 2.29. The first-order valence-electron chi connectivity index (χ1n) is 34.2. The Labute approximate surface area is 528 Å². The summed E-state index contributed by atoms with van der Waals surface area (Å²) in [7, 11) is -9.76. The van der Waals surface area contributed by atoms with Crippen molar-refractivity contribution < 1.29 is 75.8 Å². The maximum absolute atomic E-state index is 12.8. The molecule has 506 valence electrons. The summed E-state index contributed by atoms with van der Waals surface area (Å²) in [6.07, 6.45) is 65.3. The van der Waals surface area contributed by atoms with E-state index in [0.717, 1.165) is 122 Å². The lowest BCUT2D eigenvalue weighted by Crippen LogP contribution is -2.30. The first-order chi connectivity index (χ1) is 42.2. The SMILES string of the molecule is CCCCC/C=C\C/C=C\C/C=C\C/C=C\CCCCCCCCCCCC(=O)OCC(O)COP(=O)(O)OCC(O)COP(=O)(O)OCC(COC(=O)CCCCCCC/C=C\C/C=C\CCCCC)OC(=O)CCCCCCCCCCCCC. The molecular weight excluding hydrogens is 1150 g/mol. The summed E-state index contributed by atoms with van der Waals surface area (Å²) >= 11 is 0. The van der Waals surface area contributed by atoms with Gasteiger partial charge in [0.2, 0.25) is 0 Å². The van der Waals surface area contributed by atoms with Gasteiger partial charge in [-0.1, -0.05) is 248 Å². The zero-order valence-electron chi connectivity index (χ0n) is 54.7. The maximum Gasteiger partial charge on any atom is 0.472 e. The number of hydrogen-bond donors (Lipinski definition) is 4. The Balaban J connectivity index is 4.49. The third-order valence-corrected chi connectivity index (χ3v) is 16.3. The van der Waals surface area contributed by atoms with Gasteiger partial charge in [-0.2, -0.15) is 0 Å². The first kappa shape index (κ1) is 84.0.